The molecule has 5 nitrogen and oxygen atoms in total. The SMILES string of the molecule is Cn1nnnc1CC=O. The predicted octanol–water partition coefficient (Wildman–Crippen LogP) is -1.05. The molecule has 0 saturated carbocycles. The standard InChI is InChI=1S/C4H6N4O/c1-8-4(2-3-9)5-6-7-8/h3H,2H2,1H3. The van der Waals surface area contributed by atoms with Crippen molar-refractivity contribution in [3.63, 3.8) is 0 Å². The van der Waals surface area contributed by atoms with Gasteiger partial charge in [0.05, 0.1) is 6.42 Å². The molecular formula is C4H6N4O. The number of aromatic nitrogens is 4. The number of nitrogens with zero attached hydrogens (tertiary/aromatic N) is 4. The molecule has 0 radical (unpaired) electrons. The van der Waals surface area contributed by atoms with E-state index in [1.54, 1.807) is 7.05 Å². The minimum atomic E-state index is 0.281. The van der Waals surface area contributed by atoms with Crippen LogP contribution in [0.5, 0.6) is 0 Å². The maximum absolute atomic E-state index is 9.92. The molecule has 0 fully saturated rings. The van der Waals surface area contributed by atoms with Crippen LogP contribution in [-0.2, 0) is 18.3 Å². The predicted molar refractivity (Wildman–Crippen MR) is 28.6 cm³/mol. The fraction of sp³-hybridized carbons (Fsp3) is 0.500. The monoisotopic (exact) mass is 126 g/mol. The van der Waals surface area contributed by atoms with Gasteiger partial charge in [-0.3, -0.25) is 0 Å². The van der Waals surface area contributed by atoms with Crippen molar-refractivity contribution >= 4 is 6.29 Å². The fourth-order valence-corrected chi connectivity index (χ4v) is 0.495. The number of carbonyl (C=O) groups excluding carboxylic acids is 1. The normalized spacial score (nSPS) is 9.44. The average molecular weight is 126 g/mol. The van der Waals surface area contributed by atoms with Gasteiger partial charge in [0.2, 0.25) is 0 Å². The van der Waals surface area contributed by atoms with Gasteiger partial charge in [0.25, 0.3) is 0 Å². The second-order valence-corrected chi connectivity index (χ2v) is 1.59. The Hall–Kier alpha value is -1.26. The quantitative estimate of drug-likeness (QED) is 0.474. The second-order valence-electron chi connectivity index (χ2n) is 1.59. The second kappa shape index (κ2) is 2.34. The van der Waals surface area contributed by atoms with Crippen LogP contribution in [0.2, 0.25) is 0 Å². The highest BCUT2D eigenvalue weighted by Gasteiger charge is 1.97. The summed E-state index contributed by atoms with van der Waals surface area (Å²) in [5.41, 5.74) is 0. The molecule has 0 aliphatic heterocycles. The van der Waals surface area contributed by atoms with Gasteiger partial charge >= 0.3 is 0 Å². The maximum atomic E-state index is 9.92. The van der Waals surface area contributed by atoms with Crippen LogP contribution in [0, 0.1) is 0 Å². The van der Waals surface area contributed by atoms with Crippen molar-refractivity contribution in [2.75, 3.05) is 0 Å². The molecule has 0 bridgehead atoms. The zero-order valence-corrected chi connectivity index (χ0v) is 4.98. The van der Waals surface area contributed by atoms with Crippen molar-refractivity contribution in [3.05, 3.63) is 5.82 Å². The molecule has 0 unspecified atom stereocenters. The van der Waals surface area contributed by atoms with Gasteiger partial charge < -0.3 is 4.79 Å². The number of hydrogen-bond acceptors (Lipinski definition) is 4. The van der Waals surface area contributed by atoms with E-state index in [-0.39, 0.29) is 6.42 Å². The van der Waals surface area contributed by atoms with Crippen LogP contribution in [0.25, 0.3) is 0 Å². The summed E-state index contributed by atoms with van der Waals surface area (Å²) in [5.74, 6) is 0.588. The lowest BCUT2D eigenvalue weighted by Crippen LogP contribution is -1.99. The highest BCUT2D eigenvalue weighted by molar-refractivity contribution is 5.52. The molecule has 0 aliphatic carbocycles. The first-order valence-electron chi connectivity index (χ1n) is 2.49. The van der Waals surface area contributed by atoms with Gasteiger partial charge in [-0.15, -0.1) is 5.10 Å². The van der Waals surface area contributed by atoms with Crippen molar-refractivity contribution in [1.82, 2.24) is 20.2 Å². The molecule has 9 heavy (non-hydrogen) atoms. The molecular weight excluding hydrogens is 120 g/mol. The highest BCUT2D eigenvalue weighted by Crippen LogP contribution is 1.84. The number of carbonyl (C=O) groups is 1. The molecule has 0 spiro atoms. The third-order valence-corrected chi connectivity index (χ3v) is 0.974. The average Bonchev–Trinajstić information content (AvgIpc) is 2.18. The number of aldehydes is 1. The van der Waals surface area contributed by atoms with Gasteiger partial charge in [0, 0.05) is 7.05 Å². The summed E-state index contributed by atoms with van der Waals surface area (Å²) in [6.07, 6.45) is 1.05. The summed E-state index contributed by atoms with van der Waals surface area (Å²) >= 11 is 0. The number of aryl methyl sites for hydroxylation is 1. The minimum Gasteiger partial charge on any atom is -0.303 e. The first-order valence-corrected chi connectivity index (χ1v) is 2.49. The van der Waals surface area contributed by atoms with E-state index in [4.69, 9.17) is 0 Å². The lowest BCUT2D eigenvalue weighted by molar-refractivity contribution is -0.107. The molecule has 48 valence electrons. The molecule has 0 saturated heterocycles. The first-order chi connectivity index (χ1) is 4.34. The summed E-state index contributed by atoms with van der Waals surface area (Å²) in [4.78, 5) is 9.92. The summed E-state index contributed by atoms with van der Waals surface area (Å²) in [7, 11) is 1.69. The Morgan fingerprint density at radius 2 is 2.56 bits per heavy atom. The van der Waals surface area contributed by atoms with Crippen LogP contribution in [0.1, 0.15) is 5.82 Å². The molecule has 1 aromatic heterocycles. The molecule has 5 heteroatoms. The summed E-state index contributed by atoms with van der Waals surface area (Å²) in [6.45, 7) is 0. The van der Waals surface area contributed by atoms with E-state index in [2.05, 4.69) is 15.5 Å². The van der Waals surface area contributed by atoms with E-state index in [0.717, 1.165) is 6.29 Å². The minimum absolute atomic E-state index is 0.281. The lowest BCUT2D eigenvalue weighted by Gasteiger charge is -1.87. The molecule has 0 aliphatic rings. The van der Waals surface area contributed by atoms with E-state index in [0.29, 0.717) is 5.82 Å². The Morgan fingerprint density at radius 3 is 3.00 bits per heavy atom. The van der Waals surface area contributed by atoms with Gasteiger partial charge in [0.15, 0.2) is 5.82 Å². The van der Waals surface area contributed by atoms with Crippen LogP contribution in [-0.4, -0.2) is 26.5 Å². The smallest absolute Gasteiger partial charge is 0.157 e. The van der Waals surface area contributed by atoms with Crippen molar-refractivity contribution in [2.45, 2.75) is 6.42 Å². The zero-order valence-electron chi connectivity index (χ0n) is 4.98. The maximum Gasteiger partial charge on any atom is 0.157 e. The Kier molecular flexibility index (Phi) is 1.53. The van der Waals surface area contributed by atoms with Crippen molar-refractivity contribution in [1.29, 1.82) is 0 Å². The van der Waals surface area contributed by atoms with E-state index in [1.807, 2.05) is 0 Å². The Bertz CT molecular complexity index is 206. The van der Waals surface area contributed by atoms with E-state index >= 15 is 0 Å². The molecule has 1 heterocycles. The molecule has 1 aromatic rings. The first kappa shape index (κ1) is 5.87. The van der Waals surface area contributed by atoms with Crippen LogP contribution < -0.4 is 0 Å². The highest BCUT2D eigenvalue weighted by atomic mass is 16.1. The molecule has 0 atom stereocenters. The Balaban J connectivity index is 2.80. The number of hydrogen-bond donors (Lipinski definition) is 0. The van der Waals surface area contributed by atoms with Crippen LogP contribution in [0.3, 0.4) is 0 Å². The van der Waals surface area contributed by atoms with Crippen molar-refractivity contribution in [3.8, 4) is 0 Å². The summed E-state index contributed by atoms with van der Waals surface area (Å²) < 4.78 is 1.47. The molecule has 1 rings (SSSR count). The van der Waals surface area contributed by atoms with Crippen molar-refractivity contribution < 1.29 is 4.79 Å². The summed E-state index contributed by atoms with van der Waals surface area (Å²) in [5, 5.41) is 10.5. The largest absolute Gasteiger partial charge is 0.303 e. The Labute approximate surface area is 51.7 Å². The van der Waals surface area contributed by atoms with E-state index in [9.17, 15) is 4.79 Å². The van der Waals surface area contributed by atoms with Crippen LogP contribution in [0.15, 0.2) is 0 Å². The van der Waals surface area contributed by atoms with E-state index < -0.39 is 0 Å². The topological polar surface area (TPSA) is 60.7 Å². The molecule has 0 aromatic carbocycles. The zero-order chi connectivity index (χ0) is 6.69. The van der Waals surface area contributed by atoms with Crippen LogP contribution >= 0.6 is 0 Å². The van der Waals surface area contributed by atoms with Gasteiger partial charge in [-0.25, -0.2) is 4.68 Å². The third kappa shape index (κ3) is 1.10. The number of tetrazole rings is 1. The Morgan fingerprint density at radius 1 is 1.78 bits per heavy atom. The van der Waals surface area contributed by atoms with Crippen molar-refractivity contribution in [2.24, 2.45) is 7.05 Å². The van der Waals surface area contributed by atoms with Gasteiger partial charge in [-0.05, 0) is 10.4 Å². The van der Waals surface area contributed by atoms with Gasteiger partial charge in [-0.1, -0.05) is 0 Å². The molecule has 0 amide bonds. The lowest BCUT2D eigenvalue weighted by atomic mass is 10.4. The fourth-order valence-electron chi connectivity index (χ4n) is 0.495. The number of rotatable bonds is 2. The van der Waals surface area contributed by atoms with Gasteiger partial charge in [0.1, 0.15) is 6.29 Å². The summed E-state index contributed by atoms with van der Waals surface area (Å²) in [6, 6.07) is 0. The third-order valence-electron chi connectivity index (χ3n) is 0.974. The van der Waals surface area contributed by atoms with E-state index in [1.165, 1.54) is 4.68 Å². The van der Waals surface area contributed by atoms with Crippen LogP contribution in [0.4, 0.5) is 0 Å². The van der Waals surface area contributed by atoms with Gasteiger partial charge in [-0.2, -0.15) is 0 Å². The molecule has 0 N–H and O–H groups in total.